The predicted octanol–water partition coefficient (Wildman–Crippen LogP) is 5.15. The first-order valence-corrected chi connectivity index (χ1v) is 15.8. The Morgan fingerprint density at radius 3 is 2.63 bits per heavy atom. The number of fused-ring (bicyclic) bond motifs is 4. The van der Waals surface area contributed by atoms with Crippen LogP contribution in [0.25, 0.3) is 27.4 Å². The van der Waals surface area contributed by atoms with E-state index in [0.717, 1.165) is 55.6 Å². The number of nitrogens with one attached hydrogen (secondary N) is 1. The van der Waals surface area contributed by atoms with Gasteiger partial charge in [0.2, 0.25) is 5.43 Å². The van der Waals surface area contributed by atoms with Crippen LogP contribution in [0.15, 0.2) is 77.9 Å². The Morgan fingerprint density at radius 2 is 1.83 bits per heavy atom. The van der Waals surface area contributed by atoms with E-state index in [0.29, 0.717) is 36.5 Å². The number of piperazine rings is 1. The number of carbonyl (C=O) groups excluding carboxylic acids is 1. The van der Waals surface area contributed by atoms with Crippen molar-refractivity contribution in [3.8, 4) is 17.2 Å². The molecule has 10 heteroatoms. The summed E-state index contributed by atoms with van der Waals surface area (Å²) < 4.78 is 24.4. The number of hydrogen-bond donors (Lipinski definition) is 1. The molecule has 5 aromatic rings. The fourth-order valence-electron chi connectivity index (χ4n) is 6.39. The second-order valence-electron chi connectivity index (χ2n) is 12.2. The zero-order chi connectivity index (χ0) is 31.8. The maximum Gasteiger partial charge on any atom is 0.259 e. The van der Waals surface area contributed by atoms with E-state index in [1.807, 2.05) is 59.2 Å². The average Bonchev–Trinajstić information content (AvgIpc) is 3.08. The number of ether oxygens (including phenoxy) is 1. The van der Waals surface area contributed by atoms with Crippen LogP contribution in [0.3, 0.4) is 0 Å². The monoisotopic (exact) mass is 620 g/mol. The maximum atomic E-state index is 16.0. The van der Waals surface area contributed by atoms with Crippen LogP contribution in [0, 0.1) is 5.82 Å². The molecule has 9 nitrogen and oxygen atoms in total. The van der Waals surface area contributed by atoms with Crippen molar-refractivity contribution in [3.63, 3.8) is 0 Å². The van der Waals surface area contributed by atoms with E-state index in [1.54, 1.807) is 19.4 Å². The van der Waals surface area contributed by atoms with Crippen molar-refractivity contribution in [2.45, 2.75) is 12.8 Å². The summed E-state index contributed by atoms with van der Waals surface area (Å²) in [5, 5.41) is 5.20. The zero-order valence-electron chi connectivity index (χ0n) is 26.1. The van der Waals surface area contributed by atoms with Crippen LogP contribution < -0.4 is 15.5 Å². The summed E-state index contributed by atoms with van der Waals surface area (Å²) in [6.07, 6.45) is 4.66. The van der Waals surface area contributed by atoms with Crippen molar-refractivity contribution in [3.05, 3.63) is 100 Å². The van der Waals surface area contributed by atoms with E-state index in [-0.39, 0.29) is 22.4 Å². The molecule has 2 aliphatic rings. The SMILES string of the molecule is CN1CCN(CCCNc2c(F)cc3c(=O)c(C(=O)N(C)CCc4ccccn4)cn4c3c2Oc2c-4ccc3ccccc23)CC1. The number of carbonyl (C=O) groups is 1. The van der Waals surface area contributed by atoms with Crippen molar-refractivity contribution in [1.29, 1.82) is 0 Å². The van der Waals surface area contributed by atoms with Crippen molar-refractivity contribution in [2.24, 2.45) is 0 Å². The molecule has 236 valence electrons. The molecule has 2 aromatic heterocycles. The molecule has 7 rings (SSSR count). The lowest BCUT2D eigenvalue weighted by molar-refractivity contribution is 0.0794. The lowest BCUT2D eigenvalue weighted by Gasteiger charge is -2.32. The highest BCUT2D eigenvalue weighted by atomic mass is 19.1. The number of hydrogen-bond acceptors (Lipinski definition) is 7. The largest absolute Gasteiger partial charge is 0.450 e. The third-order valence-electron chi connectivity index (χ3n) is 9.07. The molecule has 1 fully saturated rings. The molecule has 46 heavy (non-hydrogen) atoms. The Kier molecular flexibility index (Phi) is 8.14. The van der Waals surface area contributed by atoms with Gasteiger partial charge < -0.3 is 29.3 Å². The fourth-order valence-corrected chi connectivity index (χ4v) is 6.39. The van der Waals surface area contributed by atoms with Crippen molar-refractivity contribution in [2.75, 3.05) is 65.2 Å². The highest BCUT2D eigenvalue weighted by molar-refractivity contribution is 6.03. The molecule has 0 unspecified atom stereocenters. The van der Waals surface area contributed by atoms with Gasteiger partial charge in [0, 0.05) is 76.2 Å². The average molecular weight is 621 g/mol. The van der Waals surface area contributed by atoms with Gasteiger partial charge in [0.25, 0.3) is 5.91 Å². The van der Waals surface area contributed by atoms with Gasteiger partial charge >= 0.3 is 0 Å². The van der Waals surface area contributed by atoms with Crippen molar-refractivity contribution < 1.29 is 13.9 Å². The van der Waals surface area contributed by atoms with E-state index in [4.69, 9.17) is 4.74 Å². The number of amides is 1. The summed E-state index contributed by atoms with van der Waals surface area (Å²) in [4.78, 5) is 38.3. The minimum Gasteiger partial charge on any atom is -0.450 e. The number of aromatic nitrogens is 2. The molecular weight excluding hydrogens is 583 g/mol. The van der Waals surface area contributed by atoms with Gasteiger partial charge in [-0.25, -0.2) is 4.39 Å². The van der Waals surface area contributed by atoms with E-state index in [9.17, 15) is 9.59 Å². The highest BCUT2D eigenvalue weighted by Gasteiger charge is 2.30. The summed E-state index contributed by atoms with van der Waals surface area (Å²) in [5.74, 6) is -0.238. The number of halogens is 1. The normalized spacial score (nSPS) is 14.7. The Balaban J connectivity index is 1.27. The molecule has 0 saturated carbocycles. The maximum absolute atomic E-state index is 16.0. The summed E-state index contributed by atoms with van der Waals surface area (Å²) in [5.41, 5.74) is 1.60. The molecule has 1 N–H and O–H groups in total. The van der Waals surface area contributed by atoms with Gasteiger partial charge in [-0.3, -0.25) is 14.6 Å². The highest BCUT2D eigenvalue weighted by Crippen LogP contribution is 2.47. The molecule has 0 bridgehead atoms. The van der Waals surface area contributed by atoms with E-state index < -0.39 is 17.2 Å². The van der Waals surface area contributed by atoms with Gasteiger partial charge in [-0.05, 0) is 49.7 Å². The lowest BCUT2D eigenvalue weighted by atomic mass is 10.0. The summed E-state index contributed by atoms with van der Waals surface area (Å²) >= 11 is 0. The number of anilines is 1. The standard InChI is InChI=1S/C36H37FN6O3/c1-40-18-20-42(21-19-40)16-7-15-39-31-29(37)22-27-32-35(31)46-34-26-10-4-3-8-24(26)11-12-30(34)43(32)23-28(33(27)44)36(45)41(2)17-13-25-9-5-6-14-38-25/h3-6,8-12,14,22-23,39H,7,13,15-21H2,1-2H3. The molecule has 1 amide bonds. The third-order valence-corrected chi connectivity index (χ3v) is 9.07. The van der Waals surface area contributed by atoms with Gasteiger partial charge in [-0.15, -0.1) is 0 Å². The molecule has 3 aromatic carbocycles. The van der Waals surface area contributed by atoms with Crippen LogP contribution in [0.1, 0.15) is 22.5 Å². The number of likely N-dealkylation sites (N-methyl/N-ethyl adjacent to an activating group) is 2. The van der Waals surface area contributed by atoms with E-state index in [1.165, 1.54) is 11.0 Å². The van der Waals surface area contributed by atoms with Crippen LogP contribution in [0.4, 0.5) is 10.1 Å². The molecule has 0 spiro atoms. The van der Waals surface area contributed by atoms with Crippen LogP contribution in [-0.2, 0) is 6.42 Å². The van der Waals surface area contributed by atoms with Gasteiger partial charge in [-0.1, -0.05) is 36.4 Å². The second kappa shape index (κ2) is 12.5. The lowest BCUT2D eigenvalue weighted by Crippen LogP contribution is -2.44. The van der Waals surface area contributed by atoms with Gasteiger partial charge in [0.1, 0.15) is 16.8 Å². The van der Waals surface area contributed by atoms with Crippen LogP contribution in [-0.4, -0.2) is 90.1 Å². The zero-order valence-corrected chi connectivity index (χ0v) is 26.1. The molecular formula is C36H37FN6O3. The van der Waals surface area contributed by atoms with Gasteiger partial charge in [0.05, 0.1) is 11.1 Å². The number of pyridine rings is 2. The molecule has 0 atom stereocenters. The third kappa shape index (κ3) is 5.59. The Hall–Kier alpha value is -4.80. The summed E-state index contributed by atoms with van der Waals surface area (Å²) in [6.45, 7) is 5.93. The Labute approximate surface area is 266 Å². The summed E-state index contributed by atoms with van der Waals surface area (Å²) in [7, 11) is 3.80. The predicted molar refractivity (Wildman–Crippen MR) is 179 cm³/mol. The second-order valence-corrected chi connectivity index (χ2v) is 12.2. The Morgan fingerprint density at radius 1 is 1.02 bits per heavy atom. The minimum atomic E-state index is -0.595. The number of nitrogens with zero attached hydrogens (tertiary/aromatic N) is 5. The topological polar surface area (TPSA) is 82.9 Å². The van der Waals surface area contributed by atoms with Gasteiger partial charge in [0.15, 0.2) is 17.3 Å². The number of rotatable bonds is 9. The minimum absolute atomic E-state index is 0.0322. The van der Waals surface area contributed by atoms with E-state index in [2.05, 4.69) is 27.1 Å². The first kappa shape index (κ1) is 29.9. The fraction of sp³-hybridized carbons (Fsp3) is 0.306. The van der Waals surface area contributed by atoms with Gasteiger partial charge in [-0.2, -0.15) is 0 Å². The number of benzene rings is 3. The quantitative estimate of drug-likeness (QED) is 0.224. The molecule has 0 radical (unpaired) electrons. The smallest absolute Gasteiger partial charge is 0.259 e. The molecule has 4 heterocycles. The molecule has 1 saturated heterocycles. The summed E-state index contributed by atoms with van der Waals surface area (Å²) in [6, 6.07) is 18.6. The molecule has 2 aliphatic heterocycles. The Bertz CT molecular complexity index is 1990. The first-order chi connectivity index (χ1) is 22.4. The van der Waals surface area contributed by atoms with Crippen LogP contribution in [0.2, 0.25) is 0 Å². The van der Waals surface area contributed by atoms with Crippen molar-refractivity contribution >= 4 is 33.3 Å². The van der Waals surface area contributed by atoms with Crippen LogP contribution >= 0.6 is 0 Å². The van der Waals surface area contributed by atoms with Crippen molar-refractivity contribution in [1.82, 2.24) is 24.3 Å². The first-order valence-electron chi connectivity index (χ1n) is 15.8. The molecule has 0 aliphatic carbocycles. The van der Waals surface area contributed by atoms with Crippen LogP contribution in [0.5, 0.6) is 11.5 Å². The van der Waals surface area contributed by atoms with E-state index >= 15 is 4.39 Å².